The molecule has 1 aromatic heterocycles. The van der Waals surface area contributed by atoms with E-state index < -0.39 is 6.10 Å². The molecule has 5 nitrogen and oxygen atoms in total. The summed E-state index contributed by atoms with van der Waals surface area (Å²) < 4.78 is 4.50. The van der Waals surface area contributed by atoms with E-state index in [1.807, 2.05) is 0 Å². The van der Waals surface area contributed by atoms with Crippen LogP contribution in [-0.2, 0) is 0 Å². The van der Waals surface area contributed by atoms with Crippen LogP contribution in [0, 0.1) is 0 Å². The first-order valence-corrected chi connectivity index (χ1v) is 2.49. The zero-order valence-corrected chi connectivity index (χ0v) is 4.69. The Bertz CT molecular complexity index is 162. The largest absolute Gasteiger partial charge is 0.382 e. The van der Waals surface area contributed by atoms with Crippen LogP contribution < -0.4 is 5.73 Å². The first-order valence-electron chi connectivity index (χ1n) is 2.49. The van der Waals surface area contributed by atoms with Gasteiger partial charge in [0.25, 0.3) is 5.89 Å². The summed E-state index contributed by atoms with van der Waals surface area (Å²) in [5.74, 6) is 0.164. The number of rotatable bonds is 2. The Morgan fingerprint density at radius 2 is 2.67 bits per heavy atom. The van der Waals surface area contributed by atoms with Crippen molar-refractivity contribution >= 4 is 0 Å². The molecule has 1 rings (SSSR count). The third-order valence-electron chi connectivity index (χ3n) is 0.887. The van der Waals surface area contributed by atoms with Gasteiger partial charge in [-0.1, -0.05) is 5.16 Å². The van der Waals surface area contributed by atoms with Crippen LogP contribution in [0.3, 0.4) is 0 Å². The Labute approximate surface area is 51.5 Å². The molecule has 1 heterocycles. The molecule has 1 unspecified atom stereocenters. The SMILES string of the molecule is NCC(O)c1ncno1. The van der Waals surface area contributed by atoms with Crippen molar-refractivity contribution in [2.45, 2.75) is 6.10 Å². The van der Waals surface area contributed by atoms with Gasteiger partial charge in [0.05, 0.1) is 0 Å². The van der Waals surface area contributed by atoms with E-state index >= 15 is 0 Å². The minimum Gasteiger partial charge on any atom is -0.382 e. The summed E-state index contributed by atoms with van der Waals surface area (Å²) in [6.45, 7) is 0.0994. The van der Waals surface area contributed by atoms with Crippen molar-refractivity contribution < 1.29 is 9.63 Å². The second-order valence-electron chi connectivity index (χ2n) is 1.53. The van der Waals surface area contributed by atoms with Crippen molar-refractivity contribution in [1.82, 2.24) is 10.1 Å². The summed E-state index contributed by atoms with van der Waals surface area (Å²) >= 11 is 0. The Balaban J connectivity index is 2.65. The van der Waals surface area contributed by atoms with Gasteiger partial charge in [0.2, 0.25) is 0 Å². The lowest BCUT2D eigenvalue weighted by atomic mass is 10.4. The summed E-state index contributed by atoms with van der Waals surface area (Å²) in [7, 11) is 0. The van der Waals surface area contributed by atoms with Crippen molar-refractivity contribution in [2.75, 3.05) is 6.54 Å². The van der Waals surface area contributed by atoms with Crippen LogP contribution in [0.15, 0.2) is 10.9 Å². The smallest absolute Gasteiger partial charge is 0.256 e. The van der Waals surface area contributed by atoms with E-state index in [1.54, 1.807) is 0 Å². The molecule has 9 heavy (non-hydrogen) atoms. The molecule has 0 saturated heterocycles. The van der Waals surface area contributed by atoms with E-state index in [4.69, 9.17) is 10.8 Å². The second-order valence-corrected chi connectivity index (χ2v) is 1.53. The van der Waals surface area contributed by atoms with Gasteiger partial charge in [-0.15, -0.1) is 0 Å². The van der Waals surface area contributed by atoms with Crippen LogP contribution in [-0.4, -0.2) is 21.8 Å². The third kappa shape index (κ3) is 1.24. The van der Waals surface area contributed by atoms with Gasteiger partial charge in [-0.05, 0) is 0 Å². The molecule has 0 aromatic carbocycles. The van der Waals surface area contributed by atoms with Gasteiger partial charge in [-0.25, -0.2) is 0 Å². The molecule has 0 spiro atoms. The number of aliphatic hydroxyl groups excluding tert-OH is 1. The van der Waals surface area contributed by atoms with Gasteiger partial charge in [-0.3, -0.25) is 0 Å². The molecular weight excluding hydrogens is 122 g/mol. The van der Waals surface area contributed by atoms with Gasteiger partial charge < -0.3 is 15.4 Å². The maximum Gasteiger partial charge on any atom is 0.256 e. The minimum atomic E-state index is -0.826. The summed E-state index contributed by atoms with van der Waals surface area (Å²) in [4.78, 5) is 3.58. The van der Waals surface area contributed by atoms with Gasteiger partial charge >= 0.3 is 0 Å². The lowest BCUT2D eigenvalue weighted by Gasteiger charge is -1.97. The zero-order valence-electron chi connectivity index (χ0n) is 4.69. The van der Waals surface area contributed by atoms with Crippen LogP contribution in [0.5, 0.6) is 0 Å². The van der Waals surface area contributed by atoms with Gasteiger partial charge in [0.15, 0.2) is 6.33 Å². The topological polar surface area (TPSA) is 85.2 Å². The molecule has 1 aromatic rings. The van der Waals surface area contributed by atoms with Crippen molar-refractivity contribution in [1.29, 1.82) is 0 Å². The van der Waals surface area contributed by atoms with Crippen LogP contribution in [0.1, 0.15) is 12.0 Å². The number of nitrogens with two attached hydrogens (primary N) is 1. The highest BCUT2D eigenvalue weighted by molar-refractivity contribution is 4.80. The minimum absolute atomic E-state index is 0.0994. The predicted octanol–water partition coefficient (Wildman–Crippen LogP) is -0.938. The highest BCUT2D eigenvalue weighted by Crippen LogP contribution is 2.03. The first-order chi connectivity index (χ1) is 4.34. The van der Waals surface area contributed by atoms with E-state index in [2.05, 4.69) is 14.7 Å². The average molecular weight is 129 g/mol. The van der Waals surface area contributed by atoms with Crippen LogP contribution in [0.25, 0.3) is 0 Å². The van der Waals surface area contributed by atoms with Crippen LogP contribution in [0.4, 0.5) is 0 Å². The van der Waals surface area contributed by atoms with Gasteiger partial charge in [0, 0.05) is 6.54 Å². The number of hydrogen-bond acceptors (Lipinski definition) is 5. The molecule has 0 fully saturated rings. The van der Waals surface area contributed by atoms with Gasteiger partial charge in [-0.2, -0.15) is 4.98 Å². The number of hydrogen-bond donors (Lipinski definition) is 2. The first kappa shape index (κ1) is 6.18. The predicted molar refractivity (Wildman–Crippen MR) is 28.3 cm³/mol. The quantitative estimate of drug-likeness (QED) is 0.538. The molecule has 0 aliphatic carbocycles. The monoisotopic (exact) mass is 129 g/mol. The Morgan fingerprint density at radius 1 is 1.89 bits per heavy atom. The Morgan fingerprint density at radius 3 is 3.11 bits per heavy atom. The molecule has 0 saturated carbocycles. The summed E-state index contributed by atoms with van der Waals surface area (Å²) in [6, 6.07) is 0. The van der Waals surface area contributed by atoms with E-state index in [0.717, 1.165) is 0 Å². The van der Waals surface area contributed by atoms with Crippen molar-refractivity contribution in [3.05, 3.63) is 12.2 Å². The standard InChI is InChI=1S/C4H7N3O2/c5-1-3(8)4-6-2-7-9-4/h2-3,8H,1,5H2. The van der Waals surface area contributed by atoms with Gasteiger partial charge in [0.1, 0.15) is 6.10 Å². The van der Waals surface area contributed by atoms with E-state index in [1.165, 1.54) is 6.33 Å². The van der Waals surface area contributed by atoms with E-state index in [0.29, 0.717) is 0 Å². The van der Waals surface area contributed by atoms with Crippen molar-refractivity contribution in [3.63, 3.8) is 0 Å². The van der Waals surface area contributed by atoms with Crippen LogP contribution >= 0.6 is 0 Å². The molecular formula is C4H7N3O2. The number of aliphatic hydroxyl groups is 1. The van der Waals surface area contributed by atoms with Crippen LogP contribution in [0.2, 0.25) is 0 Å². The second kappa shape index (κ2) is 2.56. The average Bonchev–Trinajstić information content (AvgIpc) is 2.37. The van der Waals surface area contributed by atoms with Crippen molar-refractivity contribution in [2.24, 2.45) is 5.73 Å². The highest BCUT2D eigenvalue weighted by Gasteiger charge is 2.09. The Hall–Kier alpha value is -0.940. The molecule has 50 valence electrons. The fourth-order valence-corrected chi connectivity index (χ4v) is 0.429. The fraction of sp³-hybridized carbons (Fsp3) is 0.500. The molecule has 0 aliphatic heterocycles. The molecule has 0 aliphatic rings. The maximum absolute atomic E-state index is 8.90. The van der Waals surface area contributed by atoms with E-state index in [-0.39, 0.29) is 12.4 Å². The maximum atomic E-state index is 8.90. The molecule has 3 N–H and O–H groups in total. The lowest BCUT2D eigenvalue weighted by molar-refractivity contribution is 0.141. The number of aromatic nitrogens is 2. The summed E-state index contributed by atoms with van der Waals surface area (Å²) in [5.41, 5.74) is 5.09. The normalized spacial score (nSPS) is 13.6. The Kier molecular flexibility index (Phi) is 1.76. The highest BCUT2D eigenvalue weighted by atomic mass is 16.5. The fourth-order valence-electron chi connectivity index (χ4n) is 0.429. The lowest BCUT2D eigenvalue weighted by Crippen LogP contribution is -2.11. The van der Waals surface area contributed by atoms with Crippen molar-refractivity contribution in [3.8, 4) is 0 Å². The summed E-state index contributed by atoms with van der Waals surface area (Å²) in [5, 5.41) is 12.2. The molecule has 1 atom stereocenters. The zero-order chi connectivity index (χ0) is 6.69. The molecule has 0 amide bonds. The third-order valence-corrected chi connectivity index (χ3v) is 0.887. The molecule has 0 radical (unpaired) electrons. The number of nitrogens with zero attached hydrogens (tertiary/aromatic N) is 2. The van der Waals surface area contributed by atoms with E-state index in [9.17, 15) is 0 Å². The molecule has 5 heteroatoms. The summed E-state index contributed by atoms with van der Waals surface area (Å²) in [6.07, 6.45) is 0.390. The molecule has 0 bridgehead atoms.